The number of benzene rings is 8. The number of hydrogen-bond acceptors (Lipinski definition) is 2. The molecular weight excluding hydrogens is 717 g/mol. The van der Waals surface area contributed by atoms with Crippen molar-refractivity contribution in [1.82, 2.24) is 9.13 Å². The lowest BCUT2D eigenvalue weighted by Crippen LogP contribution is -2.10. The van der Waals surface area contributed by atoms with Crippen LogP contribution in [-0.2, 0) is 0 Å². The van der Waals surface area contributed by atoms with E-state index in [-0.39, 0.29) is 0 Å². The number of allylic oxidation sites excluding steroid dienone is 5. The quantitative estimate of drug-likeness (QED) is 0.141. The Morgan fingerprint density at radius 3 is 1.29 bits per heavy atom. The number of anilines is 5. The molecule has 0 aliphatic heterocycles. The molecule has 0 radical (unpaired) electrons. The first-order chi connectivity index (χ1) is 29.2. The van der Waals surface area contributed by atoms with E-state index in [0.717, 1.165) is 50.9 Å². The molecule has 1 N–H and O–H groups in total. The third kappa shape index (κ3) is 6.47. The molecule has 4 nitrogen and oxygen atoms in total. The van der Waals surface area contributed by atoms with Gasteiger partial charge in [-0.3, -0.25) is 0 Å². The Labute approximate surface area is 344 Å². The van der Waals surface area contributed by atoms with E-state index in [2.05, 4.69) is 220 Å². The monoisotopic (exact) mass is 758 g/mol. The fraction of sp³-hybridized carbons (Fsp3) is 0.0182. The fourth-order valence-electron chi connectivity index (χ4n) is 8.44. The number of hydrogen-bond donors (Lipinski definition) is 1. The highest BCUT2D eigenvalue weighted by Gasteiger charge is 2.17. The van der Waals surface area contributed by atoms with Crippen LogP contribution in [0.5, 0.6) is 0 Å². The summed E-state index contributed by atoms with van der Waals surface area (Å²) in [6.45, 7) is 6.35. The number of rotatable bonds is 10. The van der Waals surface area contributed by atoms with E-state index >= 15 is 0 Å². The first kappa shape index (κ1) is 35.6. The van der Waals surface area contributed by atoms with Gasteiger partial charge in [0.1, 0.15) is 0 Å². The van der Waals surface area contributed by atoms with Gasteiger partial charge in [0.15, 0.2) is 0 Å². The van der Waals surface area contributed by atoms with Crippen LogP contribution in [0.25, 0.3) is 60.6 Å². The Morgan fingerprint density at radius 1 is 0.458 bits per heavy atom. The molecule has 0 unspecified atom stereocenters. The van der Waals surface area contributed by atoms with E-state index in [1.807, 2.05) is 31.2 Å². The molecule has 0 atom stereocenters. The third-order valence-electron chi connectivity index (χ3n) is 11.2. The Balaban J connectivity index is 1.04. The van der Waals surface area contributed by atoms with Gasteiger partial charge in [-0.2, -0.15) is 0 Å². The van der Waals surface area contributed by atoms with Crippen LogP contribution < -0.4 is 10.2 Å². The van der Waals surface area contributed by atoms with Gasteiger partial charge in [-0.1, -0.05) is 122 Å². The van der Waals surface area contributed by atoms with E-state index in [0.29, 0.717) is 0 Å². The summed E-state index contributed by atoms with van der Waals surface area (Å²) in [6, 6.07) is 69.5. The lowest BCUT2D eigenvalue weighted by Gasteiger charge is -2.26. The van der Waals surface area contributed by atoms with E-state index in [9.17, 15) is 0 Å². The van der Waals surface area contributed by atoms with E-state index in [1.165, 1.54) is 43.6 Å². The van der Waals surface area contributed by atoms with Crippen molar-refractivity contribution in [3.05, 3.63) is 231 Å². The molecular formula is C55H42N4. The summed E-state index contributed by atoms with van der Waals surface area (Å²) < 4.78 is 4.73. The molecule has 0 saturated heterocycles. The minimum Gasteiger partial charge on any atom is -0.355 e. The third-order valence-corrected chi connectivity index (χ3v) is 11.2. The lowest BCUT2D eigenvalue weighted by atomic mass is 10.0. The first-order valence-corrected chi connectivity index (χ1v) is 20.1. The molecule has 0 aliphatic rings. The number of para-hydroxylation sites is 5. The largest absolute Gasteiger partial charge is 0.355 e. The maximum atomic E-state index is 4.34. The SMILES string of the molecule is C=C(/C=C\C=C/C)c1ccccc1Nc1ccc(N(c2ccc(-n3c4ccccc4c4ccccc43)cc2)c2ccc(-n3c4ccccc4c4ccccc43)cc2)cc1. The molecule has 0 bridgehead atoms. The maximum Gasteiger partial charge on any atom is 0.0541 e. The van der Waals surface area contributed by atoms with Crippen LogP contribution in [0.1, 0.15) is 12.5 Å². The zero-order valence-electron chi connectivity index (χ0n) is 32.8. The molecule has 59 heavy (non-hydrogen) atoms. The zero-order valence-corrected chi connectivity index (χ0v) is 32.8. The van der Waals surface area contributed by atoms with Crippen molar-refractivity contribution in [2.75, 3.05) is 10.2 Å². The van der Waals surface area contributed by atoms with Crippen LogP contribution in [-0.4, -0.2) is 9.13 Å². The predicted octanol–water partition coefficient (Wildman–Crippen LogP) is 15.2. The highest BCUT2D eigenvalue weighted by Crippen LogP contribution is 2.39. The van der Waals surface area contributed by atoms with Crippen molar-refractivity contribution in [1.29, 1.82) is 0 Å². The normalized spacial score (nSPS) is 11.7. The molecule has 282 valence electrons. The van der Waals surface area contributed by atoms with Gasteiger partial charge in [0, 0.05) is 66.9 Å². The van der Waals surface area contributed by atoms with Gasteiger partial charge in [-0.05, 0) is 116 Å². The highest BCUT2D eigenvalue weighted by molar-refractivity contribution is 6.10. The summed E-state index contributed by atoms with van der Waals surface area (Å²) in [6.07, 6.45) is 8.09. The Kier molecular flexibility index (Phi) is 9.20. The molecule has 4 heteroatoms. The molecule has 8 aromatic carbocycles. The standard InChI is InChI=1S/C55H42N4/c1-3-4-5-16-39(2)46-17-6-11-22-51(46)56-40-27-29-41(30-28-40)57(42-31-35-44(36-32-42)58-52-23-12-7-18-47(52)48-19-8-13-24-53(48)58)43-33-37-45(38-34-43)59-54-25-14-9-20-49(54)50-21-10-15-26-55(50)59/h3-38,56H,2H2,1H3/b4-3-,16-5-. The van der Waals surface area contributed by atoms with Crippen molar-refractivity contribution in [3.63, 3.8) is 0 Å². The van der Waals surface area contributed by atoms with Crippen molar-refractivity contribution in [2.45, 2.75) is 6.92 Å². The van der Waals surface area contributed by atoms with Crippen LogP contribution in [0.4, 0.5) is 28.4 Å². The van der Waals surface area contributed by atoms with Crippen molar-refractivity contribution >= 4 is 77.6 Å². The summed E-state index contributed by atoms with van der Waals surface area (Å²) in [5.41, 5.74) is 14.2. The molecule has 0 amide bonds. The van der Waals surface area contributed by atoms with Crippen LogP contribution >= 0.6 is 0 Å². The van der Waals surface area contributed by atoms with Crippen LogP contribution in [0, 0.1) is 0 Å². The van der Waals surface area contributed by atoms with Crippen molar-refractivity contribution in [2.24, 2.45) is 0 Å². The average Bonchev–Trinajstić information content (AvgIpc) is 3.81. The summed E-state index contributed by atoms with van der Waals surface area (Å²) in [5.74, 6) is 0. The predicted molar refractivity (Wildman–Crippen MR) is 253 cm³/mol. The minimum absolute atomic E-state index is 0.947. The van der Waals surface area contributed by atoms with Gasteiger partial charge in [0.2, 0.25) is 0 Å². The molecule has 10 aromatic rings. The summed E-state index contributed by atoms with van der Waals surface area (Å²) in [7, 11) is 0. The number of nitrogens with zero attached hydrogens (tertiary/aromatic N) is 3. The molecule has 0 fully saturated rings. The summed E-state index contributed by atoms with van der Waals surface area (Å²) in [4.78, 5) is 2.33. The first-order valence-electron chi connectivity index (χ1n) is 20.1. The van der Waals surface area contributed by atoms with Crippen LogP contribution in [0.15, 0.2) is 225 Å². The lowest BCUT2D eigenvalue weighted by molar-refractivity contribution is 1.17. The van der Waals surface area contributed by atoms with E-state index in [4.69, 9.17) is 0 Å². The minimum atomic E-state index is 0.947. The molecule has 0 spiro atoms. The second kappa shape index (κ2) is 15.3. The smallest absolute Gasteiger partial charge is 0.0541 e. The van der Waals surface area contributed by atoms with Gasteiger partial charge in [-0.25, -0.2) is 0 Å². The molecule has 10 rings (SSSR count). The molecule has 0 aliphatic carbocycles. The van der Waals surface area contributed by atoms with Crippen LogP contribution in [0.2, 0.25) is 0 Å². The maximum absolute atomic E-state index is 4.34. The molecule has 2 aromatic heterocycles. The summed E-state index contributed by atoms with van der Waals surface area (Å²) >= 11 is 0. The molecule has 0 saturated carbocycles. The van der Waals surface area contributed by atoms with Gasteiger partial charge in [-0.15, -0.1) is 0 Å². The second-order valence-electron chi connectivity index (χ2n) is 14.7. The van der Waals surface area contributed by atoms with Gasteiger partial charge in [0.25, 0.3) is 0 Å². The van der Waals surface area contributed by atoms with Crippen molar-refractivity contribution in [3.8, 4) is 11.4 Å². The fourth-order valence-corrected chi connectivity index (χ4v) is 8.44. The topological polar surface area (TPSA) is 25.1 Å². The average molecular weight is 759 g/mol. The van der Waals surface area contributed by atoms with E-state index < -0.39 is 0 Å². The Morgan fingerprint density at radius 2 is 0.847 bits per heavy atom. The van der Waals surface area contributed by atoms with Gasteiger partial charge >= 0.3 is 0 Å². The highest BCUT2D eigenvalue weighted by atomic mass is 15.1. The van der Waals surface area contributed by atoms with Crippen molar-refractivity contribution < 1.29 is 0 Å². The zero-order chi connectivity index (χ0) is 39.7. The van der Waals surface area contributed by atoms with Crippen LogP contribution in [0.3, 0.4) is 0 Å². The second-order valence-corrected chi connectivity index (χ2v) is 14.7. The molecule has 2 heterocycles. The summed E-state index contributed by atoms with van der Waals surface area (Å²) in [5, 5.41) is 8.67. The Hall–Kier alpha value is -7.82. The number of nitrogens with one attached hydrogen (secondary N) is 1. The van der Waals surface area contributed by atoms with E-state index in [1.54, 1.807) is 0 Å². The number of aromatic nitrogens is 2. The Bertz CT molecular complexity index is 2930. The number of fused-ring (bicyclic) bond motifs is 6. The van der Waals surface area contributed by atoms with Gasteiger partial charge in [0.05, 0.1) is 22.1 Å². The van der Waals surface area contributed by atoms with Gasteiger partial charge < -0.3 is 19.4 Å².